The lowest BCUT2D eigenvalue weighted by Crippen LogP contribution is -2.49. The number of piperazine rings is 1. The van der Waals surface area contributed by atoms with Gasteiger partial charge in [-0.2, -0.15) is 5.10 Å². The number of aryl methyl sites for hydroxylation is 2. The first-order valence-electron chi connectivity index (χ1n) is 17.4. The van der Waals surface area contributed by atoms with Gasteiger partial charge in [-0.25, -0.2) is 0 Å². The number of hydrogen-bond donors (Lipinski definition) is 3. The molecule has 3 aromatic rings. The molecule has 11 heteroatoms. The van der Waals surface area contributed by atoms with Crippen LogP contribution in [-0.2, 0) is 29.6 Å². The monoisotopic (exact) mass is 657 g/mol. The van der Waals surface area contributed by atoms with Crippen molar-refractivity contribution in [2.24, 2.45) is 13.0 Å². The third-order valence-electron chi connectivity index (χ3n) is 9.59. The first kappa shape index (κ1) is 35.1. The molecule has 48 heavy (non-hydrogen) atoms. The molecule has 5 rings (SSSR count). The highest BCUT2D eigenvalue weighted by Crippen LogP contribution is 2.27. The number of carbonyl (C=O) groups excluding carboxylic acids is 3. The summed E-state index contributed by atoms with van der Waals surface area (Å²) in [5, 5.41) is 13.5. The van der Waals surface area contributed by atoms with Gasteiger partial charge in [0.25, 0.3) is 5.91 Å². The Hall–Kier alpha value is -4.22. The Bertz CT molecular complexity index is 1460. The van der Waals surface area contributed by atoms with Crippen LogP contribution < -0.4 is 20.7 Å². The summed E-state index contributed by atoms with van der Waals surface area (Å²) in [6.45, 7) is 5.71. The molecule has 1 saturated heterocycles. The van der Waals surface area contributed by atoms with E-state index in [0.717, 1.165) is 89.2 Å². The second-order valence-electron chi connectivity index (χ2n) is 13.0. The Balaban J connectivity index is 0.976. The van der Waals surface area contributed by atoms with Crippen molar-refractivity contribution in [3.63, 3.8) is 0 Å². The molecule has 1 aliphatic heterocycles. The van der Waals surface area contributed by atoms with Gasteiger partial charge in [0.1, 0.15) is 17.5 Å². The molecule has 1 atom stereocenters. The molecular weight excluding hydrogens is 606 g/mol. The lowest BCUT2D eigenvalue weighted by molar-refractivity contribution is -0.132. The zero-order chi connectivity index (χ0) is 33.7. The highest BCUT2D eigenvalue weighted by molar-refractivity contribution is 6.00. The molecule has 1 aliphatic carbocycles. The summed E-state index contributed by atoms with van der Waals surface area (Å²) in [5.41, 5.74) is 3.60. The maximum absolute atomic E-state index is 13.4. The minimum atomic E-state index is -0.597. The average Bonchev–Trinajstić information content (AvgIpc) is 3.56. The summed E-state index contributed by atoms with van der Waals surface area (Å²) in [7, 11) is 3.40. The summed E-state index contributed by atoms with van der Waals surface area (Å²) >= 11 is 0. The summed E-state index contributed by atoms with van der Waals surface area (Å²) < 4.78 is 6.76. The predicted octanol–water partition coefficient (Wildman–Crippen LogP) is 4.00. The first-order valence-corrected chi connectivity index (χ1v) is 17.4. The van der Waals surface area contributed by atoms with Gasteiger partial charge in [-0.15, -0.1) is 0 Å². The number of nitrogens with zero attached hydrogens (tertiary/aromatic N) is 4. The Morgan fingerprint density at radius 3 is 2.27 bits per heavy atom. The molecule has 0 radical (unpaired) electrons. The lowest BCUT2D eigenvalue weighted by atomic mass is 9.83. The molecule has 0 spiro atoms. The molecule has 2 aliphatic rings. The number of carbonyl (C=O) groups is 3. The van der Waals surface area contributed by atoms with Crippen LogP contribution in [0.5, 0.6) is 5.75 Å². The largest absolute Gasteiger partial charge is 0.497 e. The predicted molar refractivity (Wildman–Crippen MR) is 187 cm³/mol. The molecule has 258 valence electrons. The number of methoxy groups -OCH3 is 1. The number of amides is 3. The Morgan fingerprint density at radius 1 is 0.896 bits per heavy atom. The molecule has 11 nitrogen and oxygen atoms in total. The van der Waals surface area contributed by atoms with Gasteiger partial charge < -0.3 is 25.6 Å². The second kappa shape index (κ2) is 17.8. The van der Waals surface area contributed by atoms with Crippen molar-refractivity contribution in [2.45, 2.75) is 64.0 Å². The van der Waals surface area contributed by atoms with Crippen LogP contribution in [-0.4, -0.2) is 89.7 Å². The highest BCUT2D eigenvalue weighted by atomic mass is 16.5. The van der Waals surface area contributed by atoms with Gasteiger partial charge in [-0.1, -0.05) is 43.5 Å². The zero-order valence-corrected chi connectivity index (χ0v) is 28.5. The standard InChI is InChI=1S/C37H51N7O4/c1-42-33(18-22-39-42)36(46)41-35(30-8-4-3-5-9-30)37(47)40-31-14-10-28(11-15-31)7-6-20-38-21-19-34(45)44-25-23-43(24-26-44)27-29-12-16-32(48-2)17-13-29/h10-18,22,30,35,38H,3-9,19-21,23-27H2,1-2H3,(H,40,47)(H,41,46)/t35-/m0/s1. The maximum Gasteiger partial charge on any atom is 0.270 e. The molecule has 2 fully saturated rings. The number of anilines is 1. The van der Waals surface area contributed by atoms with E-state index in [9.17, 15) is 14.4 Å². The van der Waals surface area contributed by atoms with Crippen LogP contribution in [0, 0.1) is 5.92 Å². The van der Waals surface area contributed by atoms with Crippen LogP contribution in [0.25, 0.3) is 0 Å². The average molecular weight is 658 g/mol. The van der Waals surface area contributed by atoms with Gasteiger partial charge in [0.05, 0.1) is 7.11 Å². The number of rotatable bonds is 15. The maximum atomic E-state index is 13.4. The van der Waals surface area contributed by atoms with Crippen LogP contribution in [0.3, 0.4) is 0 Å². The quantitative estimate of drug-likeness (QED) is 0.211. The van der Waals surface area contributed by atoms with Gasteiger partial charge in [0.15, 0.2) is 0 Å². The molecular formula is C37H51N7O4. The normalized spacial score (nSPS) is 16.3. The van der Waals surface area contributed by atoms with E-state index in [-0.39, 0.29) is 23.6 Å². The van der Waals surface area contributed by atoms with Gasteiger partial charge in [-0.3, -0.25) is 24.0 Å². The molecule has 3 N–H and O–H groups in total. The van der Waals surface area contributed by atoms with Crippen LogP contribution in [0.1, 0.15) is 66.6 Å². The Labute approximate surface area is 284 Å². The Kier molecular flexibility index (Phi) is 13.0. The lowest BCUT2D eigenvalue weighted by Gasteiger charge is -2.34. The zero-order valence-electron chi connectivity index (χ0n) is 28.5. The fourth-order valence-corrected chi connectivity index (χ4v) is 6.69. The fourth-order valence-electron chi connectivity index (χ4n) is 6.69. The minimum absolute atomic E-state index is 0.110. The number of aromatic nitrogens is 2. The van der Waals surface area contributed by atoms with Crippen molar-refractivity contribution in [1.29, 1.82) is 0 Å². The van der Waals surface area contributed by atoms with Crippen molar-refractivity contribution in [3.8, 4) is 5.75 Å². The van der Waals surface area contributed by atoms with Gasteiger partial charge in [-0.05, 0) is 79.6 Å². The summed E-state index contributed by atoms with van der Waals surface area (Å²) in [5.74, 6) is 0.725. The van der Waals surface area contributed by atoms with E-state index >= 15 is 0 Å². The van der Waals surface area contributed by atoms with Gasteiger partial charge in [0, 0.05) is 64.6 Å². The van der Waals surface area contributed by atoms with E-state index in [1.54, 1.807) is 26.4 Å². The molecule has 1 aromatic heterocycles. The SMILES string of the molecule is COc1ccc(CN2CCN(C(=O)CCNCCCc3ccc(NC(=O)[C@@H](NC(=O)c4ccnn4C)C4CCCCC4)cc3)CC2)cc1. The van der Waals surface area contributed by atoms with E-state index in [1.165, 1.54) is 22.2 Å². The molecule has 0 unspecified atom stereocenters. The van der Waals surface area contributed by atoms with Crippen LogP contribution in [0.4, 0.5) is 5.69 Å². The Morgan fingerprint density at radius 2 is 1.60 bits per heavy atom. The molecule has 2 heterocycles. The van der Waals surface area contributed by atoms with Crippen molar-refractivity contribution < 1.29 is 19.1 Å². The van der Waals surface area contributed by atoms with E-state index in [0.29, 0.717) is 18.7 Å². The van der Waals surface area contributed by atoms with Crippen molar-refractivity contribution in [2.75, 3.05) is 51.7 Å². The van der Waals surface area contributed by atoms with Crippen LogP contribution >= 0.6 is 0 Å². The molecule has 3 amide bonds. The fraction of sp³-hybridized carbons (Fsp3) is 0.514. The number of benzene rings is 2. The summed E-state index contributed by atoms with van der Waals surface area (Å²) in [6, 6.07) is 17.2. The van der Waals surface area contributed by atoms with E-state index in [2.05, 4.69) is 38.1 Å². The molecule has 2 aromatic carbocycles. The smallest absolute Gasteiger partial charge is 0.270 e. The third kappa shape index (κ3) is 10.1. The number of nitrogens with one attached hydrogen (secondary N) is 3. The van der Waals surface area contributed by atoms with Crippen LogP contribution in [0.2, 0.25) is 0 Å². The van der Waals surface area contributed by atoms with Gasteiger partial charge >= 0.3 is 0 Å². The second-order valence-corrected chi connectivity index (χ2v) is 13.0. The van der Waals surface area contributed by atoms with Gasteiger partial charge in [0.2, 0.25) is 11.8 Å². The third-order valence-corrected chi connectivity index (χ3v) is 9.59. The summed E-state index contributed by atoms with van der Waals surface area (Å²) in [6.07, 6.45) is 9.10. The minimum Gasteiger partial charge on any atom is -0.497 e. The van der Waals surface area contributed by atoms with Crippen molar-refractivity contribution >= 4 is 23.4 Å². The van der Waals surface area contributed by atoms with E-state index in [4.69, 9.17) is 4.74 Å². The molecule has 1 saturated carbocycles. The first-order chi connectivity index (χ1) is 23.4. The highest BCUT2D eigenvalue weighted by Gasteiger charge is 2.32. The van der Waals surface area contributed by atoms with Crippen molar-refractivity contribution in [3.05, 3.63) is 77.6 Å². The van der Waals surface area contributed by atoms with Crippen molar-refractivity contribution in [1.82, 2.24) is 30.2 Å². The summed E-state index contributed by atoms with van der Waals surface area (Å²) in [4.78, 5) is 43.5. The van der Waals surface area contributed by atoms with E-state index in [1.807, 2.05) is 41.3 Å². The number of ether oxygens (including phenoxy) is 1. The number of hydrogen-bond acceptors (Lipinski definition) is 7. The molecule has 0 bridgehead atoms. The van der Waals surface area contributed by atoms with Crippen LogP contribution in [0.15, 0.2) is 60.8 Å². The topological polar surface area (TPSA) is 121 Å². The van der Waals surface area contributed by atoms with E-state index < -0.39 is 6.04 Å².